The predicted octanol–water partition coefficient (Wildman–Crippen LogP) is 1.55. The zero-order valence-electron chi connectivity index (χ0n) is 18.8. The number of ether oxygens (including phenoxy) is 2. The first-order valence-electron chi connectivity index (χ1n) is 10.4. The molecule has 11 nitrogen and oxygen atoms in total. The van der Waals surface area contributed by atoms with Crippen molar-refractivity contribution in [1.29, 1.82) is 0 Å². The van der Waals surface area contributed by atoms with Crippen LogP contribution in [0.15, 0.2) is 37.4 Å². The second kappa shape index (κ2) is 7.84. The summed E-state index contributed by atoms with van der Waals surface area (Å²) in [6.07, 6.45) is 0. The second-order valence-electron chi connectivity index (χ2n) is 8.32. The van der Waals surface area contributed by atoms with E-state index >= 15 is 0 Å². The summed E-state index contributed by atoms with van der Waals surface area (Å²) in [5, 5.41) is 11.1. The molecule has 1 aliphatic heterocycles. The van der Waals surface area contributed by atoms with E-state index in [-0.39, 0.29) is 22.8 Å². The Hall–Kier alpha value is -4.02. The van der Waals surface area contributed by atoms with Crippen LogP contribution in [0.3, 0.4) is 0 Å². The van der Waals surface area contributed by atoms with Gasteiger partial charge >= 0.3 is 11.4 Å². The topological polar surface area (TPSA) is 148 Å². The van der Waals surface area contributed by atoms with Crippen LogP contribution < -0.4 is 32.0 Å². The van der Waals surface area contributed by atoms with Gasteiger partial charge in [-0.05, 0) is 33.8 Å². The Morgan fingerprint density at radius 2 is 1.61 bits per heavy atom. The van der Waals surface area contributed by atoms with E-state index in [2.05, 4.69) is 9.97 Å². The van der Waals surface area contributed by atoms with E-state index in [0.29, 0.717) is 11.3 Å². The number of aromatic amines is 2. The van der Waals surface area contributed by atoms with Gasteiger partial charge in [0.15, 0.2) is 11.5 Å². The molecule has 11 heteroatoms. The highest BCUT2D eigenvalue weighted by atomic mass is 16.5. The molecule has 0 radical (unpaired) electrons. The van der Waals surface area contributed by atoms with Crippen LogP contribution in [0.4, 0.5) is 0 Å². The van der Waals surface area contributed by atoms with Gasteiger partial charge in [0.25, 0.3) is 11.1 Å². The third-order valence-electron chi connectivity index (χ3n) is 5.64. The molecule has 0 spiro atoms. The zero-order valence-corrected chi connectivity index (χ0v) is 18.8. The number of para-hydroxylation sites is 1. The minimum absolute atomic E-state index is 0.0428. The quantitative estimate of drug-likeness (QED) is 0.422. The number of H-pyrrole nitrogens is 2. The molecule has 0 saturated heterocycles. The van der Waals surface area contributed by atoms with Crippen molar-refractivity contribution in [3.8, 4) is 23.3 Å². The van der Waals surface area contributed by atoms with E-state index in [1.165, 1.54) is 7.11 Å². The highest BCUT2D eigenvalue weighted by Gasteiger charge is 2.39. The van der Waals surface area contributed by atoms with Crippen LogP contribution in [0.25, 0.3) is 0 Å². The maximum absolute atomic E-state index is 13.5. The number of rotatable bonds is 4. The Morgan fingerprint density at radius 3 is 2.21 bits per heavy atom. The van der Waals surface area contributed by atoms with Gasteiger partial charge in [-0.25, -0.2) is 9.59 Å². The van der Waals surface area contributed by atoms with Gasteiger partial charge in [0, 0.05) is 17.6 Å². The number of methoxy groups -OCH3 is 1. The first-order valence-corrected chi connectivity index (χ1v) is 10.4. The van der Waals surface area contributed by atoms with Crippen molar-refractivity contribution in [2.45, 2.75) is 45.7 Å². The Bertz CT molecular complexity index is 1490. The average molecular weight is 456 g/mol. The lowest BCUT2D eigenvalue weighted by atomic mass is 9.84. The Balaban J connectivity index is 2.20. The third-order valence-corrected chi connectivity index (χ3v) is 5.64. The number of fused-ring (bicyclic) bond motifs is 2. The molecular weight excluding hydrogens is 432 g/mol. The summed E-state index contributed by atoms with van der Waals surface area (Å²) in [4.78, 5) is 56.3. The molecule has 1 atom stereocenters. The minimum Gasteiger partial charge on any atom is -0.494 e. The molecule has 1 aliphatic rings. The molecule has 0 unspecified atom stereocenters. The lowest BCUT2D eigenvalue weighted by Crippen LogP contribution is -2.42. The van der Waals surface area contributed by atoms with E-state index in [4.69, 9.17) is 9.47 Å². The van der Waals surface area contributed by atoms with Gasteiger partial charge in [-0.15, -0.1) is 0 Å². The summed E-state index contributed by atoms with van der Waals surface area (Å²) in [7, 11) is 1.42. The summed E-state index contributed by atoms with van der Waals surface area (Å²) in [5.74, 6) is -1.42. The van der Waals surface area contributed by atoms with Crippen LogP contribution in [0.5, 0.6) is 23.3 Å². The molecule has 33 heavy (non-hydrogen) atoms. The number of benzene rings is 1. The van der Waals surface area contributed by atoms with Crippen LogP contribution in [-0.2, 0) is 0 Å². The monoisotopic (exact) mass is 456 g/mol. The maximum Gasteiger partial charge on any atom is 0.331 e. The lowest BCUT2D eigenvalue weighted by Gasteiger charge is -2.29. The average Bonchev–Trinajstić information content (AvgIpc) is 2.71. The molecule has 0 amide bonds. The van der Waals surface area contributed by atoms with Gasteiger partial charge < -0.3 is 14.6 Å². The first-order chi connectivity index (χ1) is 15.6. The fourth-order valence-corrected chi connectivity index (χ4v) is 4.23. The van der Waals surface area contributed by atoms with Crippen molar-refractivity contribution in [1.82, 2.24) is 19.1 Å². The summed E-state index contributed by atoms with van der Waals surface area (Å²) < 4.78 is 13.3. The molecule has 3 aromatic rings. The largest absolute Gasteiger partial charge is 0.494 e. The van der Waals surface area contributed by atoms with Crippen molar-refractivity contribution in [3.63, 3.8) is 0 Å². The summed E-state index contributed by atoms with van der Waals surface area (Å²) in [6.45, 7) is 6.67. The molecule has 4 rings (SSSR count). The SMILES string of the molecule is COc1cccc2c1Oc1[nH]c(=O)n(C(C)C)c(=O)c1[C@H]2c1c(O)n(C(C)C)c(=O)[nH]c1=O. The maximum atomic E-state index is 13.5. The number of nitrogens with zero attached hydrogens (tertiary/aromatic N) is 2. The second-order valence-corrected chi connectivity index (χ2v) is 8.32. The summed E-state index contributed by atoms with van der Waals surface area (Å²) in [6, 6.07) is 3.91. The van der Waals surface area contributed by atoms with E-state index < -0.39 is 46.4 Å². The van der Waals surface area contributed by atoms with E-state index in [1.807, 2.05) is 0 Å². The molecular formula is C22H24N4O7. The molecule has 3 N–H and O–H groups in total. The lowest BCUT2D eigenvalue weighted by molar-refractivity contribution is 0.351. The van der Waals surface area contributed by atoms with Crippen molar-refractivity contribution >= 4 is 0 Å². The number of aromatic nitrogens is 4. The molecule has 174 valence electrons. The van der Waals surface area contributed by atoms with Crippen molar-refractivity contribution < 1.29 is 14.6 Å². The van der Waals surface area contributed by atoms with Gasteiger partial charge in [-0.1, -0.05) is 12.1 Å². The minimum atomic E-state index is -1.15. The first kappa shape index (κ1) is 22.2. The summed E-state index contributed by atoms with van der Waals surface area (Å²) >= 11 is 0. The molecule has 1 aromatic carbocycles. The highest BCUT2D eigenvalue weighted by molar-refractivity contribution is 5.61. The van der Waals surface area contributed by atoms with Gasteiger partial charge in [0.1, 0.15) is 0 Å². The Labute approximate surface area is 186 Å². The van der Waals surface area contributed by atoms with Crippen LogP contribution >= 0.6 is 0 Å². The smallest absolute Gasteiger partial charge is 0.331 e. The number of hydrogen-bond donors (Lipinski definition) is 3. The third kappa shape index (κ3) is 3.27. The van der Waals surface area contributed by atoms with Gasteiger partial charge in [-0.2, -0.15) is 0 Å². The molecule has 0 fully saturated rings. The molecule has 0 saturated carbocycles. The zero-order chi connectivity index (χ0) is 24.2. The number of hydrogen-bond acceptors (Lipinski definition) is 7. The van der Waals surface area contributed by atoms with Crippen molar-refractivity contribution in [2.24, 2.45) is 0 Å². The molecule has 0 aliphatic carbocycles. The van der Waals surface area contributed by atoms with Gasteiger partial charge in [0.2, 0.25) is 11.8 Å². The fraction of sp³-hybridized carbons (Fsp3) is 0.364. The van der Waals surface area contributed by atoms with Crippen molar-refractivity contribution in [2.75, 3.05) is 7.11 Å². The van der Waals surface area contributed by atoms with Crippen LogP contribution in [0.1, 0.15) is 62.4 Å². The Kier molecular flexibility index (Phi) is 5.27. The molecule has 0 bridgehead atoms. The predicted molar refractivity (Wildman–Crippen MR) is 119 cm³/mol. The van der Waals surface area contributed by atoms with Crippen LogP contribution in [0.2, 0.25) is 0 Å². The number of aromatic hydroxyl groups is 1. The summed E-state index contributed by atoms with van der Waals surface area (Å²) in [5.41, 5.74) is -2.91. The van der Waals surface area contributed by atoms with Gasteiger partial charge in [0.05, 0.1) is 24.2 Å². The van der Waals surface area contributed by atoms with Gasteiger partial charge in [-0.3, -0.25) is 28.7 Å². The molecule has 3 heterocycles. The normalized spacial score (nSPS) is 14.7. The fourth-order valence-electron chi connectivity index (χ4n) is 4.23. The highest BCUT2D eigenvalue weighted by Crippen LogP contribution is 2.49. The van der Waals surface area contributed by atoms with Crippen LogP contribution in [0, 0.1) is 0 Å². The Morgan fingerprint density at radius 1 is 0.970 bits per heavy atom. The van der Waals surface area contributed by atoms with E-state index in [9.17, 15) is 24.3 Å². The van der Waals surface area contributed by atoms with Crippen LogP contribution in [-0.4, -0.2) is 31.3 Å². The van der Waals surface area contributed by atoms with E-state index in [0.717, 1.165) is 9.13 Å². The standard InChI is InChI=1S/C22H24N4O7/c1-9(2)25-19(28)14(17(27)23-21(25)30)13-11-7-6-8-12(32-5)16(11)33-18-15(13)20(29)26(10(3)4)22(31)24-18/h6-10,13,28H,1-5H3,(H,24,31)(H,23,27,30)/t13-/m1/s1. The van der Waals surface area contributed by atoms with Crippen molar-refractivity contribution in [3.05, 3.63) is 76.6 Å². The number of nitrogens with one attached hydrogen (secondary N) is 2. The molecule has 2 aromatic heterocycles. The van der Waals surface area contributed by atoms with E-state index in [1.54, 1.807) is 45.9 Å².